The Bertz CT molecular complexity index is 363. The zero-order chi connectivity index (χ0) is 12.3. The van der Waals surface area contributed by atoms with Gasteiger partial charge < -0.3 is 15.8 Å². The summed E-state index contributed by atoms with van der Waals surface area (Å²) in [5.41, 5.74) is 6.78. The Morgan fingerprint density at radius 1 is 1.47 bits per heavy atom. The van der Waals surface area contributed by atoms with E-state index in [0.717, 1.165) is 31.7 Å². The molecule has 3 nitrogen and oxygen atoms in total. The number of hydrogen-bond acceptors (Lipinski definition) is 3. The number of anilines is 2. The van der Waals surface area contributed by atoms with Gasteiger partial charge in [0.25, 0.3) is 0 Å². The Labute approximate surface area is 101 Å². The van der Waals surface area contributed by atoms with E-state index in [1.807, 2.05) is 0 Å². The van der Waals surface area contributed by atoms with E-state index in [9.17, 15) is 4.39 Å². The lowest BCUT2D eigenvalue weighted by Crippen LogP contribution is -2.22. The summed E-state index contributed by atoms with van der Waals surface area (Å²) in [4.78, 5) is 0. The Hall–Kier alpha value is -1.29. The number of rotatable bonds is 4. The molecule has 1 aliphatic heterocycles. The second-order valence-corrected chi connectivity index (χ2v) is 4.52. The molecular formula is C13H19FN2O. The molecule has 17 heavy (non-hydrogen) atoms. The molecule has 3 N–H and O–H groups in total. The van der Waals surface area contributed by atoms with Crippen molar-refractivity contribution >= 4 is 11.4 Å². The second kappa shape index (κ2) is 5.36. The SMILES string of the molecule is CCC1OCCC1CNc1cc(N)cc(F)c1. The van der Waals surface area contributed by atoms with Crippen LogP contribution in [0, 0.1) is 11.7 Å². The fourth-order valence-electron chi connectivity index (χ4n) is 2.34. The highest BCUT2D eigenvalue weighted by Crippen LogP contribution is 2.24. The molecule has 4 heteroatoms. The molecule has 1 heterocycles. The largest absolute Gasteiger partial charge is 0.399 e. The molecule has 2 rings (SSSR count). The predicted octanol–water partition coefficient (Wildman–Crippen LogP) is 2.63. The molecule has 1 aromatic rings. The maximum atomic E-state index is 13.1. The van der Waals surface area contributed by atoms with Gasteiger partial charge in [-0.05, 0) is 31.0 Å². The van der Waals surface area contributed by atoms with E-state index in [-0.39, 0.29) is 5.82 Å². The van der Waals surface area contributed by atoms with Crippen molar-refractivity contribution in [1.82, 2.24) is 0 Å². The molecule has 0 aliphatic carbocycles. The van der Waals surface area contributed by atoms with Gasteiger partial charge in [-0.1, -0.05) is 6.92 Å². The average Bonchev–Trinajstić information content (AvgIpc) is 2.72. The Kier molecular flexibility index (Phi) is 3.84. The number of nitrogen functional groups attached to an aromatic ring is 1. The third-order valence-electron chi connectivity index (χ3n) is 3.24. The number of benzene rings is 1. The molecule has 0 aromatic heterocycles. The molecule has 0 spiro atoms. The lowest BCUT2D eigenvalue weighted by atomic mass is 9.99. The summed E-state index contributed by atoms with van der Waals surface area (Å²) in [5, 5.41) is 3.23. The minimum Gasteiger partial charge on any atom is -0.399 e. The molecular weight excluding hydrogens is 219 g/mol. The molecule has 1 fully saturated rings. The van der Waals surface area contributed by atoms with E-state index in [4.69, 9.17) is 10.5 Å². The van der Waals surface area contributed by atoms with E-state index in [1.165, 1.54) is 12.1 Å². The van der Waals surface area contributed by atoms with Crippen LogP contribution < -0.4 is 11.1 Å². The number of halogens is 1. The number of nitrogens with one attached hydrogen (secondary N) is 1. The van der Waals surface area contributed by atoms with Crippen LogP contribution in [0.5, 0.6) is 0 Å². The highest BCUT2D eigenvalue weighted by molar-refractivity contribution is 5.54. The van der Waals surface area contributed by atoms with Crippen LogP contribution >= 0.6 is 0 Å². The van der Waals surface area contributed by atoms with Gasteiger partial charge in [0, 0.05) is 30.4 Å². The van der Waals surface area contributed by atoms with Crippen LogP contribution in [0.2, 0.25) is 0 Å². The Morgan fingerprint density at radius 3 is 3.00 bits per heavy atom. The van der Waals surface area contributed by atoms with Gasteiger partial charge in [0.05, 0.1) is 6.10 Å². The van der Waals surface area contributed by atoms with Gasteiger partial charge in [-0.3, -0.25) is 0 Å². The van der Waals surface area contributed by atoms with Gasteiger partial charge in [0.1, 0.15) is 5.82 Å². The zero-order valence-electron chi connectivity index (χ0n) is 10.1. The van der Waals surface area contributed by atoms with Gasteiger partial charge in [0.15, 0.2) is 0 Å². The predicted molar refractivity (Wildman–Crippen MR) is 67.4 cm³/mol. The van der Waals surface area contributed by atoms with Gasteiger partial charge in [-0.2, -0.15) is 0 Å². The van der Waals surface area contributed by atoms with Crippen molar-refractivity contribution in [1.29, 1.82) is 0 Å². The monoisotopic (exact) mass is 238 g/mol. The molecule has 2 unspecified atom stereocenters. The van der Waals surface area contributed by atoms with E-state index in [0.29, 0.717) is 17.7 Å². The summed E-state index contributed by atoms with van der Waals surface area (Å²) in [6, 6.07) is 4.53. The molecule has 2 atom stereocenters. The zero-order valence-corrected chi connectivity index (χ0v) is 10.1. The van der Waals surface area contributed by atoms with E-state index < -0.39 is 0 Å². The molecule has 94 valence electrons. The van der Waals surface area contributed by atoms with Crippen molar-refractivity contribution in [3.8, 4) is 0 Å². The number of hydrogen-bond donors (Lipinski definition) is 2. The summed E-state index contributed by atoms with van der Waals surface area (Å²) in [6.07, 6.45) is 2.42. The summed E-state index contributed by atoms with van der Waals surface area (Å²) < 4.78 is 18.7. The Balaban J connectivity index is 1.93. The van der Waals surface area contributed by atoms with Gasteiger partial charge in [-0.25, -0.2) is 4.39 Å². The van der Waals surface area contributed by atoms with Crippen molar-refractivity contribution in [2.75, 3.05) is 24.2 Å². The van der Waals surface area contributed by atoms with Gasteiger partial charge in [0.2, 0.25) is 0 Å². The average molecular weight is 238 g/mol. The molecule has 1 saturated heterocycles. The maximum absolute atomic E-state index is 13.1. The second-order valence-electron chi connectivity index (χ2n) is 4.52. The fourth-order valence-corrected chi connectivity index (χ4v) is 2.34. The minimum absolute atomic E-state index is 0.304. The van der Waals surface area contributed by atoms with Crippen molar-refractivity contribution in [2.45, 2.75) is 25.9 Å². The van der Waals surface area contributed by atoms with Crippen molar-refractivity contribution < 1.29 is 9.13 Å². The standard InChI is InChI=1S/C13H19FN2O/c1-2-13-9(3-4-17-13)8-16-12-6-10(14)5-11(15)7-12/h5-7,9,13,16H,2-4,8,15H2,1H3. The van der Waals surface area contributed by atoms with Crippen LogP contribution in [-0.2, 0) is 4.74 Å². The molecule has 1 aliphatic rings. The first-order valence-electron chi connectivity index (χ1n) is 6.10. The third kappa shape index (κ3) is 3.09. The van der Waals surface area contributed by atoms with Crippen molar-refractivity contribution in [3.63, 3.8) is 0 Å². The van der Waals surface area contributed by atoms with Gasteiger partial charge in [-0.15, -0.1) is 0 Å². The summed E-state index contributed by atoms with van der Waals surface area (Å²) in [6.45, 7) is 3.76. The normalized spacial score (nSPS) is 23.9. The summed E-state index contributed by atoms with van der Waals surface area (Å²) in [5.74, 6) is 0.201. The van der Waals surface area contributed by atoms with Gasteiger partial charge >= 0.3 is 0 Å². The summed E-state index contributed by atoms with van der Waals surface area (Å²) in [7, 11) is 0. The topological polar surface area (TPSA) is 47.3 Å². The van der Waals surface area contributed by atoms with Crippen LogP contribution in [-0.4, -0.2) is 19.3 Å². The smallest absolute Gasteiger partial charge is 0.127 e. The van der Waals surface area contributed by atoms with Crippen LogP contribution in [0.1, 0.15) is 19.8 Å². The third-order valence-corrected chi connectivity index (χ3v) is 3.24. The van der Waals surface area contributed by atoms with Crippen LogP contribution in [0.4, 0.5) is 15.8 Å². The number of nitrogens with two attached hydrogens (primary N) is 1. The van der Waals surface area contributed by atoms with Crippen molar-refractivity contribution in [3.05, 3.63) is 24.0 Å². The molecule has 1 aromatic carbocycles. The quantitative estimate of drug-likeness (QED) is 0.793. The first kappa shape index (κ1) is 12.2. The highest BCUT2D eigenvalue weighted by Gasteiger charge is 2.26. The lowest BCUT2D eigenvalue weighted by Gasteiger charge is -2.18. The molecule has 0 amide bonds. The first-order chi connectivity index (χ1) is 8.19. The van der Waals surface area contributed by atoms with E-state index in [1.54, 1.807) is 6.07 Å². The van der Waals surface area contributed by atoms with Crippen LogP contribution in [0.15, 0.2) is 18.2 Å². The Morgan fingerprint density at radius 2 is 2.29 bits per heavy atom. The fraction of sp³-hybridized carbons (Fsp3) is 0.538. The van der Waals surface area contributed by atoms with Crippen LogP contribution in [0.3, 0.4) is 0 Å². The van der Waals surface area contributed by atoms with Crippen molar-refractivity contribution in [2.24, 2.45) is 5.92 Å². The summed E-state index contributed by atoms with van der Waals surface area (Å²) >= 11 is 0. The lowest BCUT2D eigenvalue weighted by molar-refractivity contribution is 0.0900. The maximum Gasteiger partial charge on any atom is 0.127 e. The minimum atomic E-state index is -0.304. The van der Waals surface area contributed by atoms with E-state index >= 15 is 0 Å². The highest BCUT2D eigenvalue weighted by atomic mass is 19.1. The number of ether oxygens (including phenoxy) is 1. The first-order valence-corrected chi connectivity index (χ1v) is 6.10. The van der Waals surface area contributed by atoms with E-state index in [2.05, 4.69) is 12.2 Å². The molecule has 0 saturated carbocycles. The molecule has 0 bridgehead atoms. The molecule has 0 radical (unpaired) electrons. The van der Waals surface area contributed by atoms with Crippen LogP contribution in [0.25, 0.3) is 0 Å².